The second-order valence-corrected chi connectivity index (χ2v) is 6.21. The van der Waals surface area contributed by atoms with Crippen LogP contribution in [0.25, 0.3) is 0 Å². The van der Waals surface area contributed by atoms with Crippen LogP contribution in [0.2, 0.25) is 0 Å². The molecule has 0 N–H and O–H groups in total. The van der Waals surface area contributed by atoms with Gasteiger partial charge in [0.25, 0.3) is 0 Å². The van der Waals surface area contributed by atoms with Crippen LogP contribution in [-0.4, -0.2) is 30.6 Å². The summed E-state index contributed by atoms with van der Waals surface area (Å²) in [6.45, 7) is 7.69. The Morgan fingerprint density at radius 2 is 2.06 bits per heavy atom. The molecule has 1 aromatic carbocycles. The molecule has 3 heteroatoms. The van der Waals surface area contributed by atoms with Gasteiger partial charge in [-0.2, -0.15) is 0 Å². The molecule has 18 heavy (non-hydrogen) atoms. The Kier molecular flexibility index (Phi) is 5.07. The average Bonchev–Trinajstić information content (AvgIpc) is 2.80. The van der Waals surface area contributed by atoms with Crippen molar-refractivity contribution in [2.45, 2.75) is 32.7 Å². The molecular formula is C15H22BrNO. The fourth-order valence-electron chi connectivity index (χ4n) is 2.70. The molecule has 1 aliphatic rings. The Labute approximate surface area is 118 Å². The number of benzene rings is 1. The molecule has 0 amide bonds. The maximum Gasteiger partial charge on any atom is 0.119 e. The second kappa shape index (κ2) is 6.58. The lowest BCUT2D eigenvalue weighted by molar-refractivity contribution is 0.168. The van der Waals surface area contributed by atoms with Crippen LogP contribution >= 0.6 is 15.9 Å². The molecular weight excluding hydrogens is 290 g/mol. The van der Waals surface area contributed by atoms with Gasteiger partial charge in [0.05, 0.1) is 0 Å². The number of hydrogen-bond acceptors (Lipinski definition) is 2. The van der Waals surface area contributed by atoms with Crippen molar-refractivity contribution >= 4 is 15.9 Å². The third-order valence-corrected chi connectivity index (χ3v) is 4.17. The summed E-state index contributed by atoms with van der Waals surface area (Å²) < 4.78 is 6.88. The van der Waals surface area contributed by atoms with Crippen molar-refractivity contribution in [1.82, 2.24) is 4.90 Å². The second-order valence-electron chi connectivity index (χ2n) is 5.29. The Hall–Kier alpha value is -0.540. The van der Waals surface area contributed by atoms with Crippen molar-refractivity contribution in [2.75, 3.05) is 19.7 Å². The summed E-state index contributed by atoms with van der Waals surface area (Å²) in [6, 6.07) is 8.80. The highest BCUT2D eigenvalue weighted by Crippen LogP contribution is 2.23. The molecule has 0 radical (unpaired) electrons. The van der Waals surface area contributed by atoms with Gasteiger partial charge in [0.1, 0.15) is 12.4 Å². The molecule has 1 unspecified atom stereocenters. The van der Waals surface area contributed by atoms with Gasteiger partial charge in [-0.05, 0) is 49.6 Å². The van der Waals surface area contributed by atoms with Crippen molar-refractivity contribution in [3.8, 4) is 5.75 Å². The average molecular weight is 312 g/mol. The summed E-state index contributed by atoms with van der Waals surface area (Å²) in [5.41, 5.74) is 0. The summed E-state index contributed by atoms with van der Waals surface area (Å²) in [5.74, 6) is 1.71. The van der Waals surface area contributed by atoms with E-state index in [0.717, 1.165) is 35.3 Å². The molecule has 0 aliphatic carbocycles. The largest absolute Gasteiger partial charge is 0.492 e. The van der Waals surface area contributed by atoms with Crippen molar-refractivity contribution in [2.24, 2.45) is 5.92 Å². The summed E-state index contributed by atoms with van der Waals surface area (Å²) in [4.78, 5) is 2.57. The lowest BCUT2D eigenvalue weighted by Crippen LogP contribution is -2.36. The molecule has 0 spiro atoms. The first-order chi connectivity index (χ1) is 8.66. The minimum absolute atomic E-state index is 0.749. The number of hydrogen-bond donors (Lipinski definition) is 0. The van der Waals surface area contributed by atoms with Crippen molar-refractivity contribution in [1.29, 1.82) is 0 Å². The first kappa shape index (κ1) is 13.9. The zero-order chi connectivity index (χ0) is 13.0. The van der Waals surface area contributed by atoms with Gasteiger partial charge in [-0.3, -0.25) is 4.90 Å². The van der Waals surface area contributed by atoms with E-state index in [1.165, 1.54) is 19.4 Å². The van der Waals surface area contributed by atoms with E-state index in [0.29, 0.717) is 0 Å². The van der Waals surface area contributed by atoms with Crippen LogP contribution in [0.15, 0.2) is 28.7 Å². The molecule has 1 atom stereocenters. The SMILES string of the molecule is CC(C)C1CCCN1CCOc1ccc(Br)cc1. The van der Waals surface area contributed by atoms with Crippen molar-refractivity contribution in [3.63, 3.8) is 0 Å². The monoisotopic (exact) mass is 311 g/mol. The first-order valence-electron chi connectivity index (χ1n) is 6.79. The van der Waals surface area contributed by atoms with Crippen LogP contribution in [0.5, 0.6) is 5.75 Å². The number of nitrogens with zero attached hydrogens (tertiary/aromatic N) is 1. The van der Waals surface area contributed by atoms with Gasteiger partial charge < -0.3 is 4.74 Å². The molecule has 1 fully saturated rings. The maximum absolute atomic E-state index is 5.79. The number of halogens is 1. The third kappa shape index (κ3) is 3.72. The van der Waals surface area contributed by atoms with Crippen LogP contribution < -0.4 is 4.74 Å². The van der Waals surface area contributed by atoms with Gasteiger partial charge in [-0.25, -0.2) is 0 Å². The lowest BCUT2D eigenvalue weighted by Gasteiger charge is -2.27. The van der Waals surface area contributed by atoms with Crippen molar-refractivity contribution < 1.29 is 4.74 Å². The quantitative estimate of drug-likeness (QED) is 0.816. The van der Waals surface area contributed by atoms with E-state index >= 15 is 0 Å². The molecule has 1 aromatic rings. The fourth-order valence-corrected chi connectivity index (χ4v) is 2.96. The van der Waals surface area contributed by atoms with Crippen LogP contribution in [0, 0.1) is 5.92 Å². The highest BCUT2D eigenvalue weighted by Gasteiger charge is 2.26. The van der Waals surface area contributed by atoms with Crippen LogP contribution in [0.4, 0.5) is 0 Å². The smallest absolute Gasteiger partial charge is 0.119 e. The molecule has 100 valence electrons. The summed E-state index contributed by atoms with van der Waals surface area (Å²) in [7, 11) is 0. The number of ether oxygens (including phenoxy) is 1. The molecule has 1 saturated heterocycles. The molecule has 2 rings (SSSR count). The van der Waals surface area contributed by atoms with Gasteiger partial charge in [0.2, 0.25) is 0 Å². The minimum Gasteiger partial charge on any atom is -0.492 e. The zero-order valence-corrected chi connectivity index (χ0v) is 12.8. The molecule has 1 aliphatic heterocycles. The van der Waals surface area contributed by atoms with E-state index in [2.05, 4.69) is 34.7 Å². The van der Waals surface area contributed by atoms with Gasteiger partial charge in [-0.1, -0.05) is 29.8 Å². The van der Waals surface area contributed by atoms with Gasteiger partial charge in [-0.15, -0.1) is 0 Å². The van der Waals surface area contributed by atoms with E-state index in [-0.39, 0.29) is 0 Å². The fraction of sp³-hybridized carbons (Fsp3) is 0.600. The summed E-state index contributed by atoms with van der Waals surface area (Å²) in [5, 5.41) is 0. The summed E-state index contributed by atoms with van der Waals surface area (Å²) in [6.07, 6.45) is 2.68. The molecule has 1 heterocycles. The van der Waals surface area contributed by atoms with Crippen LogP contribution in [0.3, 0.4) is 0 Å². The Morgan fingerprint density at radius 1 is 1.33 bits per heavy atom. The number of rotatable bonds is 5. The van der Waals surface area contributed by atoms with E-state index in [1.54, 1.807) is 0 Å². The Bertz CT molecular complexity index is 363. The van der Waals surface area contributed by atoms with E-state index in [1.807, 2.05) is 24.3 Å². The predicted molar refractivity (Wildman–Crippen MR) is 79.1 cm³/mol. The zero-order valence-electron chi connectivity index (χ0n) is 11.2. The Morgan fingerprint density at radius 3 is 2.72 bits per heavy atom. The standard InChI is InChI=1S/C15H22BrNO/c1-12(2)15-4-3-9-17(15)10-11-18-14-7-5-13(16)6-8-14/h5-8,12,15H,3-4,9-11H2,1-2H3. The highest BCUT2D eigenvalue weighted by atomic mass is 79.9. The normalized spacial score (nSPS) is 20.6. The van der Waals surface area contributed by atoms with E-state index in [4.69, 9.17) is 4.74 Å². The first-order valence-corrected chi connectivity index (χ1v) is 7.58. The van der Waals surface area contributed by atoms with Gasteiger partial charge in [0.15, 0.2) is 0 Å². The predicted octanol–water partition coefficient (Wildman–Crippen LogP) is 3.95. The van der Waals surface area contributed by atoms with Crippen molar-refractivity contribution in [3.05, 3.63) is 28.7 Å². The molecule has 2 nitrogen and oxygen atoms in total. The lowest BCUT2D eigenvalue weighted by atomic mass is 10.0. The topological polar surface area (TPSA) is 12.5 Å². The van der Waals surface area contributed by atoms with Crippen LogP contribution in [0.1, 0.15) is 26.7 Å². The van der Waals surface area contributed by atoms with Crippen LogP contribution in [-0.2, 0) is 0 Å². The van der Waals surface area contributed by atoms with Gasteiger partial charge in [0, 0.05) is 17.1 Å². The molecule has 0 saturated carbocycles. The summed E-state index contributed by atoms with van der Waals surface area (Å²) >= 11 is 3.43. The molecule has 0 aromatic heterocycles. The van der Waals surface area contributed by atoms with Gasteiger partial charge >= 0.3 is 0 Å². The third-order valence-electron chi connectivity index (χ3n) is 3.64. The number of likely N-dealkylation sites (tertiary alicyclic amines) is 1. The van der Waals surface area contributed by atoms with E-state index in [9.17, 15) is 0 Å². The molecule has 0 bridgehead atoms. The highest BCUT2D eigenvalue weighted by molar-refractivity contribution is 9.10. The Balaban J connectivity index is 1.76. The minimum atomic E-state index is 0.749. The maximum atomic E-state index is 5.79. The van der Waals surface area contributed by atoms with E-state index < -0.39 is 0 Å².